The van der Waals surface area contributed by atoms with Crippen molar-refractivity contribution in [3.63, 3.8) is 0 Å². The molecule has 7 heteroatoms. The van der Waals surface area contributed by atoms with Crippen LogP contribution in [0.3, 0.4) is 0 Å². The lowest BCUT2D eigenvalue weighted by molar-refractivity contribution is 0.0383. The Labute approximate surface area is 142 Å². The normalized spacial score (nSPS) is 15.0. The third kappa shape index (κ3) is 5.90. The Morgan fingerprint density at radius 2 is 1.75 bits per heavy atom. The molecule has 0 atom stereocenters. The number of hydrogen-bond donors (Lipinski definition) is 2. The van der Waals surface area contributed by atoms with E-state index in [-0.39, 0.29) is 11.8 Å². The number of carbonyl (C=O) groups excluding carboxylic acids is 2. The Balaban J connectivity index is 1.80. The van der Waals surface area contributed by atoms with Crippen LogP contribution in [-0.4, -0.2) is 67.6 Å². The first-order valence-electron chi connectivity index (χ1n) is 8.52. The van der Waals surface area contributed by atoms with E-state index in [1.54, 1.807) is 6.07 Å². The molecule has 0 aromatic carbocycles. The Morgan fingerprint density at radius 3 is 2.38 bits per heavy atom. The molecule has 0 unspecified atom stereocenters. The maximum Gasteiger partial charge on any atom is 0.252 e. The Kier molecular flexibility index (Phi) is 7.64. The number of nitrogens with zero attached hydrogens (tertiary/aromatic N) is 2. The number of aromatic nitrogens is 1. The van der Waals surface area contributed by atoms with Gasteiger partial charge in [-0.3, -0.25) is 19.5 Å². The van der Waals surface area contributed by atoms with Crippen LogP contribution in [0.5, 0.6) is 0 Å². The van der Waals surface area contributed by atoms with Gasteiger partial charge < -0.3 is 15.4 Å². The van der Waals surface area contributed by atoms with Crippen LogP contribution in [0.25, 0.3) is 0 Å². The number of nitrogens with one attached hydrogen (secondary N) is 2. The summed E-state index contributed by atoms with van der Waals surface area (Å²) in [6, 6.07) is 1.58. The third-order valence-corrected chi connectivity index (χ3v) is 3.90. The molecule has 2 heterocycles. The fourth-order valence-corrected chi connectivity index (χ4v) is 2.42. The monoisotopic (exact) mass is 334 g/mol. The van der Waals surface area contributed by atoms with E-state index in [1.165, 1.54) is 12.4 Å². The van der Waals surface area contributed by atoms with Crippen LogP contribution in [0.15, 0.2) is 18.5 Å². The molecule has 7 nitrogen and oxygen atoms in total. The zero-order valence-corrected chi connectivity index (χ0v) is 14.2. The largest absolute Gasteiger partial charge is 0.379 e. The van der Waals surface area contributed by atoms with Crippen LogP contribution in [0.4, 0.5) is 0 Å². The summed E-state index contributed by atoms with van der Waals surface area (Å²) in [6.45, 7) is 7.32. The van der Waals surface area contributed by atoms with E-state index in [0.717, 1.165) is 45.7 Å². The molecule has 1 aliphatic rings. The fraction of sp³-hybridized carbons (Fsp3) is 0.588. The smallest absolute Gasteiger partial charge is 0.252 e. The number of ether oxygens (including phenoxy) is 1. The van der Waals surface area contributed by atoms with Gasteiger partial charge in [-0.1, -0.05) is 13.3 Å². The number of morpholine rings is 1. The zero-order valence-electron chi connectivity index (χ0n) is 14.2. The van der Waals surface area contributed by atoms with Gasteiger partial charge in [-0.2, -0.15) is 0 Å². The molecule has 0 spiro atoms. The highest BCUT2D eigenvalue weighted by Crippen LogP contribution is 2.03. The standard InChI is InChI=1S/C17H26N4O3/c1-2-3-4-19-16(22)14-11-15(13-18-12-14)17(23)20-5-6-21-7-9-24-10-8-21/h11-13H,2-10H2,1H3,(H,19,22)(H,20,23). The number of carbonyl (C=O) groups is 2. The van der Waals surface area contributed by atoms with Gasteiger partial charge in [0.05, 0.1) is 24.3 Å². The molecule has 0 bridgehead atoms. The predicted octanol–water partition coefficient (Wildman–Crippen LogP) is 0.674. The average Bonchev–Trinajstić information content (AvgIpc) is 2.63. The second-order valence-electron chi connectivity index (χ2n) is 5.78. The van der Waals surface area contributed by atoms with Crippen molar-refractivity contribution in [3.8, 4) is 0 Å². The van der Waals surface area contributed by atoms with E-state index < -0.39 is 0 Å². The SMILES string of the molecule is CCCCNC(=O)c1cncc(C(=O)NCCN2CCOCC2)c1. The summed E-state index contributed by atoms with van der Waals surface area (Å²) in [5.74, 6) is -0.405. The van der Waals surface area contributed by atoms with Crippen LogP contribution in [0, 0.1) is 0 Å². The number of pyridine rings is 1. The average molecular weight is 334 g/mol. The molecule has 0 saturated carbocycles. The summed E-state index contributed by atoms with van der Waals surface area (Å²) in [6.07, 6.45) is 4.91. The summed E-state index contributed by atoms with van der Waals surface area (Å²) >= 11 is 0. The van der Waals surface area contributed by atoms with Crippen molar-refractivity contribution < 1.29 is 14.3 Å². The molecule has 0 radical (unpaired) electrons. The lowest BCUT2D eigenvalue weighted by Gasteiger charge is -2.26. The summed E-state index contributed by atoms with van der Waals surface area (Å²) in [5, 5.41) is 5.69. The van der Waals surface area contributed by atoms with E-state index in [0.29, 0.717) is 24.2 Å². The second kappa shape index (κ2) is 10.00. The van der Waals surface area contributed by atoms with Crippen molar-refractivity contribution in [2.24, 2.45) is 0 Å². The minimum Gasteiger partial charge on any atom is -0.379 e. The van der Waals surface area contributed by atoms with Gasteiger partial charge in [0, 0.05) is 45.1 Å². The maximum atomic E-state index is 12.2. The maximum absolute atomic E-state index is 12.2. The van der Waals surface area contributed by atoms with E-state index in [1.807, 2.05) is 0 Å². The van der Waals surface area contributed by atoms with E-state index in [4.69, 9.17) is 4.74 Å². The molecule has 0 aliphatic carbocycles. The summed E-state index contributed by atoms with van der Waals surface area (Å²) < 4.78 is 5.29. The molecule has 1 aromatic rings. The highest BCUT2D eigenvalue weighted by Gasteiger charge is 2.13. The van der Waals surface area contributed by atoms with Gasteiger partial charge in [-0.05, 0) is 12.5 Å². The summed E-state index contributed by atoms with van der Waals surface area (Å²) in [7, 11) is 0. The molecule has 1 aromatic heterocycles. The highest BCUT2D eigenvalue weighted by molar-refractivity contribution is 5.99. The van der Waals surface area contributed by atoms with E-state index in [2.05, 4.69) is 27.4 Å². The van der Waals surface area contributed by atoms with Crippen LogP contribution in [-0.2, 0) is 4.74 Å². The summed E-state index contributed by atoms with van der Waals surface area (Å²) in [5.41, 5.74) is 0.812. The predicted molar refractivity (Wildman–Crippen MR) is 91.1 cm³/mol. The van der Waals surface area contributed by atoms with Gasteiger partial charge in [-0.15, -0.1) is 0 Å². The van der Waals surface area contributed by atoms with Crippen molar-refractivity contribution >= 4 is 11.8 Å². The van der Waals surface area contributed by atoms with Crippen molar-refractivity contribution in [2.45, 2.75) is 19.8 Å². The fourth-order valence-electron chi connectivity index (χ4n) is 2.42. The van der Waals surface area contributed by atoms with Crippen molar-refractivity contribution in [2.75, 3.05) is 45.9 Å². The quantitative estimate of drug-likeness (QED) is 0.683. The first kappa shape index (κ1) is 18.4. The Hall–Kier alpha value is -1.99. The Bertz CT molecular complexity index is 544. The lowest BCUT2D eigenvalue weighted by atomic mass is 10.2. The minimum atomic E-state index is -0.209. The highest BCUT2D eigenvalue weighted by atomic mass is 16.5. The number of hydrogen-bond acceptors (Lipinski definition) is 5. The second-order valence-corrected chi connectivity index (χ2v) is 5.78. The van der Waals surface area contributed by atoms with Gasteiger partial charge in [-0.25, -0.2) is 0 Å². The molecule has 1 saturated heterocycles. The Morgan fingerprint density at radius 1 is 1.12 bits per heavy atom. The van der Waals surface area contributed by atoms with Crippen molar-refractivity contribution in [3.05, 3.63) is 29.6 Å². The molecular weight excluding hydrogens is 308 g/mol. The van der Waals surface area contributed by atoms with Crippen LogP contribution < -0.4 is 10.6 Å². The van der Waals surface area contributed by atoms with Gasteiger partial charge in [0.2, 0.25) is 0 Å². The van der Waals surface area contributed by atoms with Gasteiger partial charge in [0.1, 0.15) is 0 Å². The lowest BCUT2D eigenvalue weighted by Crippen LogP contribution is -2.41. The first-order chi connectivity index (χ1) is 11.7. The third-order valence-electron chi connectivity index (χ3n) is 3.90. The molecule has 24 heavy (non-hydrogen) atoms. The van der Waals surface area contributed by atoms with Gasteiger partial charge in [0.25, 0.3) is 11.8 Å². The molecule has 2 N–H and O–H groups in total. The topological polar surface area (TPSA) is 83.6 Å². The number of rotatable bonds is 8. The van der Waals surface area contributed by atoms with Gasteiger partial charge >= 0.3 is 0 Å². The van der Waals surface area contributed by atoms with Crippen LogP contribution in [0.1, 0.15) is 40.5 Å². The molecule has 132 valence electrons. The first-order valence-corrected chi connectivity index (χ1v) is 8.52. The molecule has 1 aliphatic heterocycles. The number of amides is 2. The van der Waals surface area contributed by atoms with E-state index in [9.17, 15) is 9.59 Å². The zero-order chi connectivity index (χ0) is 17.2. The van der Waals surface area contributed by atoms with E-state index >= 15 is 0 Å². The van der Waals surface area contributed by atoms with Crippen LogP contribution in [0.2, 0.25) is 0 Å². The molecule has 1 fully saturated rings. The van der Waals surface area contributed by atoms with Gasteiger partial charge in [0.15, 0.2) is 0 Å². The molecular formula is C17H26N4O3. The molecule has 2 rings (SSSR count). The summed E-state index contributed by atoms with van der Waals surface area (Å²) in [4.78, 5) is 30.5. The minimum absolute atomic E-state index is 0.195. The molecule has 2 amide bonds. The van der Waals surface area contributed by atoms with Crippen molar-refractivity contribution in [1.29, 1.82) is 0 Å². The number of unbranched alkanes of at least 4 members (excludes halogenated alkanes) is 1. The van der Waals surface area contributed by atoms with Crippen LogP contribution >= 0.6 is 0 Å². The van der Waals surface area contributed by atoms with Crippen molar-refractivity contribution in [1.82, 2.24) is 20.5 Å².